The zero-order valence-corrected chi connectivity index (χ0v) is 37.9. The molecule has 1 heterocycles. The Kier molecular flexibility index (Phi) is 9.05. The SMILES string of the molecule is [B]c1c(O)c(O)c(O)c(O)c1-c1c(O)c(O)c(N(c2ccc(-c3ccccc3-n3c4ccccc4c4ccccc43)cc2)c2cccc3c2-c2ccccc2C32c3ccccc3-c3ccccc32)c(O)c1O. The summed E-state index contributed by atoms with van der Waals surface area (Å²) in [4.78, 5) is 1.56. The molecule has 344 valence electrons. The van der Waals surface area contributed by atoms with Crippen LogP contribution >= 0.6 is 0 Å². The van der Waals surface area contributed by atoms with Crippen LogP contribution in [0.3, 0.4) is 0 Å². The highest BCUT2D eigenvalue weighted by atomic mass is 16.3. The van der Waals surface area contributed by atoms with Gasteiger partial charge in [0.2, 0.25) is 11.5 Å². The zero-order chi connectivity index (χ0) is 49.3. The Morgan fingerprint density at radius 3 is 1.42 bits per heavy atom. The third-order valence-corrected chi connectivity index (χ3v) is 14.7. The quantitative estimate of drug-likeness (QED) is 0.0459. The molecule has 0 fully saturated rings. The average Bonchev–Trinajstić information content (AvgIpc) is 4.05. The number of benzene rings is 10. The number of rotatable bonds is 6. The molecule has 0 unspecified atom stereocenters. The molecule has 11 heteroatoms. The zero-order valence-electron chi connectivity index (χ0n) is 37.9. The molecule has 72 heavy (non-hydrogen) atoms. The molecular formula is C61H39BN2O8. The van der Waals surface area contributed by atoms with E-state index in [2.05, 4.69) is 77.4 Å². The molecule has 0 aliphatic heterocycles. The van der Waals surface area contributed by atoms with Crippen LogP contribution in [0.1, 0.15) is 22.3 Å². The molecule has 2 radical (unpaired) electrons. The van der Waals surface area contributed by atoms with Crippen LogP contribution < -0.4 is 10.4 Å². The topological polar surface area (TPSA) is 170 Å². The van der Waals surface area contributed by atoms with Crippen molar-refractivity contribution in [3.05, 3.63) is 210 Å². The van der Waals surface area contributed by atoms with E-state index in [0.29, 0.717) is 11.4 Å². The number of nitrogens with zero attached hydrogens (tertiary/aromatic N) is 2. The lowest BCUT2D eigenvalue weighted by molar-refractivity contribution is 0.348. The first-order chi connectivity index (χ1) is 35.0. The molecule has 0 atom stereocenters. The van der Waals surface area contributed by atoms with Gasteiger partial charge < -0.3 is 50.3 Å². The number of phenols is 8. The highest BCUT2D eigenvalue weighted by Gasteiger charge is 2.52. The Hall–Kier alpha value is -9.74. The van der Waals surface area contributed by atoms with Gasteiger partial charge in [-0.2, -0.15) is 0 Å². The van der Waals surface area contributed by atoms with Crippen molar-refractivity contribution in [2.45, 2.75) is 5.41 Å². The van der Waals surface area contributed by atoms with E-state index in [9.17, 15) is 40.9 Å². The van der Waals surface area contributed by atoms with Gasteiger partial charge in [-0.3, -0.25) is 0 Å². The fourth-order valence-corrected chi connectivity index (χ4v) is 11.7. The molecule has 8 N–H and O–H groups in total. The fourth-order valence-electron chi connectivity index (χ4n) is 11.7. The van der Waals surface area contributed by atoms with E-state index in [0.717, 1.165) is 83.1 Å². The van der Waals surface area contributed by atoms with Gasteiger partial charge in [-0.05, 0) is 86.4 Å². The van der Waals surface area contributed by atoms with E-state index >= 15 is 0 Å². The van der Waals surface area contributed by atoms with Crippen LogP contribution in [0.4, 0.5) is 17.1 Å². The molecule has 0 saturated carbocycles. The Labute approximate surface area is 412 Å². The number of fused-ring (bicyclic) bond motifs is 13. The van der Waals surface area contributed by atoms with E-state index in [1.807, 2.05) is 115 Å². The Bertz CT molecular complexity index is 3970. The molecule has 2 aliphatic carbocycles. The number of phenolic OH excluding ortho intramolecular Hbond substituents is 8. The highest BCUT2D eigenvalue weighted by molar-refractivity contribution is 6.39. The minimum atomic E-state index is -1.22. The van der Waals surface area contributed by atoms with E-state index in [1.165, 1.54) is 0 Å². The smallest absolute Gasteiger partial charge is 0.204 e. The predicted octanol–water partition coefficient (Wildman–Crippen LogP) is 12.4. The monoisotopic (exact) mass is 938 g/mol. The van der Waals surface area contributed by atoms with E-state index in [4.69, 9.17) is 7.85 Å². The van der Waals surface area contributed by atoms with Gasteiger partial charge in [-0.15, -0.1) is 0 Å². The van der Waals surface area contributed by atoms with E-state index in [-0.39, 0.29) is 0 Å². The van der Waals surface area contributed by atoms with Crippen molar-refractivity contribution in [1.82, 2.24) is 4.57 Å². The van der Waals surface area contributed by atoms with Crippen LogP contribution in [0.2, 0.25) is 0 Å². The number of para-hydroxylation sites is 3. The second-order valence-electron chi connectivity index (χ2n) is 18.2. The number of hydrogen-bond acceptors (Lipinski definition) is 9. The van der Waals surface area contributed by atoms with Gasteiger partial charge in [0, 0.05) is 33.2 Å². The van der Waals surface area contributed by atoms with Gasteiger partial charge >= 0.3 is 0 Å². The molecule has 1 aromatic heterocycles. The van der Waals surface area contributed by atoms with Crippen molar-refractivity contribution in [2.24, 2.45) is 0 Å². The predicted molar refractivity (Wildman–Crippen MR) is 281 cm³/mol. The maximum Gasteiger partial charge on any atom is 0.204 e. The molecule has 0 bridgehead atoms. The summed E-state index contributed by atoms with van der Waals surface area (Å²) < 4.78 is 2.25. The van der Waals surface area contributed by atoms with Gasteiger partial charge in [-0.1, -0.05) is 152 Å². The maximum absolute atomic E-state index is 12.4. The van der Waals surface area contributed by atoms with Crippen molar-refractivity contribution in [3.8, 4) is 96.2 Å². The summed E-state index contributed by atoms with van der Waals surface area (Å²) in [7, 11) is 6.11. The molecule has 0 amide bonds. The number of anilines is 3. The fraction of sp³-hybridized carbons (Fsp3) is 0.0164. The third-order valence-electron chi connectivity index (χ3n) is 14.7. The van der Waals surface area contributed by atoms with Crippen molar-refractivity contribution in [2.75, 3.05) is 4.90 Å². The van der Waals surface area contributed by atoms with Crippen LogP contribution in [0.25, 0.3) is 72.0 Å². The summed E-state index contributed by atoms with van der Waals surface area (Å²) in [6.45, 7) is 0. The normalized spacial score (nSPS) is 12.8. The first-order valence-corrected chi connectivity index (χ1v) is 23.2. The van der Waals surface area contributed by atoms with Crippen LogP contribution in [-0.2, 0) is 5.41 Å². The molecule has 0 saturated heterocycles. The molecule has 10 nitrogen and oxygen atoms in total. The minimum Gasteiger partial charge on any atom is -0.505 e. The first kappa shape index (κ1) is 42.4. The summed E-state index contributed by atoms with van der Waals surface area (Å²) >= 11 is 0. The molecule has 10 aromatic carbocycles. The number of hydrogen-bond donors (Lipinski definition) is 8. The van der Waals surface area contributed by atoms with Crippen molar-refractivity contribution in [3.63, 3.8) is 0 Å². The Balaban J connectivity index is 1.07. The maximum atomic E-state index is 12.4. The highest BCUT2D eigenvalue weighted by Crippen LogP contribution is 2.66. The van der Waals surface area contributed by atoms with Crippen LogP contribution in [-0.4, -0.2) is 53.3 Å². The van der Waals surface area contributed by atoms with Crippen LogP contribution in [0, 0.1) is 0 Å². The van der Waals surface area contributed by atoms with Crippen molar-refractivity contribution < 1.29 is 40.9 Å². The van der Waals surface area contributed by atoms with Crippen LogP contribution in [0.5, 0.6) is 46.0 Å². The summed E-state index contributed by atoms with van der Waals surface area (Å²) in [5.74, 6) is -8.66. The van der Waals surface area contributed by atoms with E-state index in [1.54, 1.807) is 4.90 Å². The molecule has 13 rings (SSSR count). The number of aromatic hydroxyl groups is 8. The third kappa shape index (κ3) is 5.50. The molecule has 1 spiro atoms. The Morgan fingerprint density at radius 1 is 0.361 bits per heavy atom. The van der Waals surface area contributed by atoms with Gasteiger partial charge in [0.25, 0.3) is 0 Å². The molecular weight excluding hydrogens is 899 g/mol. The van der Waals surface area contributed by atoms with E-state index < -0.39 is 73.7 Å². The molecule has 11 aromatic rings. The minimum absolute atomic E-state index is 0.395. The van der Waals surface area contributed by atoms with Crippen molar-refractivity contribution >= 4 is 52.2 Å². The van der Waals surface area contributed by atoms with Gasteiger partial charge in [-0.25, -0.2) is 0 Å². The number of aromatic nitrogens is 1. The summed E-state index contributed by atoms with van der Waals surface area (Å²) in [6, 6.07) is 62.8. The largest absolute Gasteiger partial charge is 0.505 e. The second kappa shape index (κ2) is 15.4. The van der Waals surface area contributed by atoms with Gasteiger partial charge in [0.1, 0.15) is 13.5 Å². The van der Waals surface area contributed by atoms with Gasteiger partial charge in [0.15, 0.2) is 34.5 Å². The lowest BCUT2D eigenvalue weighted by Crippen LogP contribution is -2.26. The average molecular weight is 939 g/mol. The van der Waals surface area contributed by atoms with Crippen molar-refractivity contribution in [1.29, 1.82) is 0 Å². The van der Waals surface area contributed by atoms with Gasteiger partial charge in [0.05, 0.1) is 33.4 Å². The summed E-state index contributed by atoms with van der Waals surface area (Å²) in [6.07, 6.45) is 0. The summed E-state index contributed by atoms with van der Waals surface area (Å²) in [5, 5.41) is 93.6. The lowest BCUT2D eigenvalue weighted by Gasteiger charge is -2.32. The summed E-state index contributed by atoms with van der Waals surface area (Å²) in [5.41, 5.74) is 9.90. The van der Waals surface area contributed by atoms with Crippen LogP contribution in [0.15, 0.2) is 188 Å². The first-order valence-electron chi connectivity index (χ1n) is 23.2. The standard InChI is InChI=1S/C61H39BN2O8/c62-51-49(53(65)59(71)60(72)56(51)68)50-54(66)57(69)52(58(70)55(50)67)63(33-30-28-32(29-31-33)34-14-4-10-24-44(34)64-45-25-11-5-17-37(45)38-18-6-12-26-46(38)64)47-27-13-23-43-48(47)39-19-3-9-22-42(39)61(43)40-20-7-1-15-35(40)36-16-2-8-21-41(36)61/h1-31,65-72H. The second-order valence-corrected chi connectivity index (χ2v) is 18.2. The molecule has 2 aliphatic rings. The Morgan fingerprint density at radius 2 is 0.819 bits per heavy atom. The lowest BCUT2D eigenvalue weighted by atomic mass is 9.70.